The van der Waals surface area contributed by atoms with E-state index in [1.165, 1.54) is 6.20 Å². The summed E-state index contributed by atoms with van der Waals surface area (Å²) in [4.78, 5) is 16.8. The number of aromatic nitrogens is 3. The molecule has 2 heterocycles. The molecule has 0 unspecified atom stereocenters. The van der Waals surface area contributed by atoms with Crippen molar-refractivity contribution in [2.75, 3.05) is 5.32 Å². The quantitative estimate of drug-likeness (QED) is 0.706. The third-order valence-electron chi connectivity index (χ3n) is 4.39. The van der Waals surface area contributed by atoms with Crippen LogP contribution in [-0.4, -0.2) is 20.5 Å². The Balaban J connectivity index is 1.76. The molecule has 132 valence electrons. The fourth-order valence-corrected chi connectivity index (χ4v) is 3.26. The van der Waals surface area contributed by atoms with E-state index in [-0.39, 0.29) is 5.91 Å². The summed E-state index contributed by atoms with van der Waals surface area (Å²) in [5.74, 6) is -0.0576. The lowest BCUT2D eigenvalue weighted by molar-refractivity contribution is -0.116. The molecular weight excluding hydrogens is 394 g/mol. The van der Waals surface area contributed by atoms with Crippen LogP contribution in [0.1, 0.15) is 34.5 Å². The van der Waals surface area contributed by atoms with Crippen molar-refractivity contribution in [3.05, 3.63) is 56.9 Å². The zero-order chi connectivity index (χ0) is 18.8. The number of nitrogens with zero attached hydrogens (tertiary/aromatic N) is 4. The molecule has 0 bridgehead atoms. The molecular formula is C19H18BrN5O. The average molecular weight is 412 g/mol. The summed E-state index contributed by atoms with van der Waals surface area (Å²) in [5.41, 5.74) is 5.58. The summed E-state index contributed by atoms with van der Waals surface area (Å²) >= 11 is 3.47. The van der Waals surface area contributed by atoms with Gasteiger partial charge < -0.3 is 5.32 Å². The molecule has 26 heavy (non-hydrogen) atoms. The number of halogens is 1. The molecule has 7 heteroatoms. The number of rotatable bonds is 4. The van der Waals surface area contributed by atoms with Crippen LogP contribution in [0.5, 0.6) is 0 Å². The van der Waals surface area contributed by atoms with E-state index in [1.807, 2.05) is 39.0 Å². The number of carbonyl (C=O) groups is 1. The molecule has 2 aromatic heterocycles. The van der Waals surface area contributed by atoms with E-state index in [9.17, 15) is 4.79 Å². The van der Waals surface area contributed by atoms with E-state index in [4.69, 9.17) is 5.26 Å². The Morgan fingerprint density at radius 3 is 2.81 bits per heavy atom. The standard InChI is InChI=1S/C19H18BrN5O/c1-11-4-5-15(8-17(11)20)24-18(26)7-6-16-12(2)23-19-14(9-21)10-22-25(19)13(16)3/h4-5,8,10H,6-7H2,1-3H3,(H,24,26). The fraction of sp³-hybridized carbons (Fsp3) is 0.263. The third-order valence-corrected chi connectivity index (χ3v) is 5.24. The minimum Gasteiger partial charge on any atom is -0.326 e. The number of hydrogen-bond donors (Lipinski definition) is 1. The lowest BCUT2D eigenvalue weighted by atomic mass is 10.1. The number of aryl methyl sites for hydroxylation is 3. The molecule has 6 nitrogen and oxygen atoms in total. The highest BCUT2D eigenvalue weighted by atomic mass is 79.9. The van der Waals surface area contributed by atoms with Crippen molar-refractivity contribution in [2.24, 2.45) is 0 Å². The molecule has 3 aromatic rings. The first-order valence-corrected chi connectivity index (χ1v) is 9.00. The highest BCUT2D eigenvalue weighted by Crippen LogP contribution is 2.21. The van der Waals surface area contributed by atoms with Gasteiger partial charge in [0.05, 0.1) is 6.20 Å². The first-order valence-electron chi connectivity index (χ1n) is 8.20. The maximum Gasteiger partial charge on any atom is 0.224 e. The summed E-state index contributed by atoms with van der Waals surface area (Å²) in [6, 6.07) is 7.83. The Kier molecular flexibility index (Phi) is 5.05. The van der Waals surface area contributed by atoms with Gasteiger partial charge >= 0.3 is 0 Å². The Hall–Kier alpha value is -2.72. The monoisotopic (exact) mass is 411 g/mol. The molecule has 0 spiro atoms. The fourth-order valence-electron chi connectivity index (χ4n) is 2.88. The maximum absolute atomic E-state index is 12.3. The molecule has 0 atom stereocenters. The molecule has 1 aromatic carbocycles. The van der Waals surface area contributed by atoms with Gasteiger partial charge in [-0.2, -0.15) is 10.4 Å². The van der Waals surface area contributed by atoms with Gasteiger partial charge in [0.15, 0.2) is 5.65 Å². The molecule has 0 aliphatic heterocycles. The van der Waals surface area contributed by atoms with Gasteiger partial charge in [-0.1, -0.05) is 22.0 Å². The summed E-state index contributed by atoms with van der Waals surface area (Å²) < 4.78 is 2.62. The minimum atomic E-state index is -0.0576. The normalized spacial score (nSPS) is 10.7. The Labute approximate surface area is 160 Å². The number of anilines is 1. The highest BCUT2D eigenvalue weighted by Gasteiger charge is 2.15. The van der Waals surface area contributed by atoms with Crippen LogP contribution in [0.4, 0.5) is 5.69 Å². The van der Waals surface area contributed by atoms with Gasteiger partial charge in [0, 0.05) is 28.0 Å². The zero-order valence-corrected chi connectivity index (χ0v) is 16.4. The summed E-state index contributed by atoms with van der Waals surface area (Å²) in [6.07, 6.45) is 2.41. The van der Waals surface area contributed by atoms with Crippen LogP contribution >= 0.6 is 15.9 Å². The number of benzene rings is 1. The van der Waals surface area contributed by atoms with Gasteiger partial charge in [-0.15, -0.1) is 0 Å². The average Bonchev–Trinajstić information content (AvgIpc) is 3.01. The van der Waals surface area contributed by atoms with Gasteiger partial charge in [-0.3, -0.25) is 4.79 Å². The molecule has 0 saturated carbocycles. The van der Waals surface area contributed by atoms with Crippen LogP contribution in [0, 0.1) is 32.1 Å². The SMILES string of the molecule is Cc1ccc(NC(=O)CCc2c(C)nc3c(C#N)cnn3c2C)cc1Br. The molecule has 0 saturated heterocycles. The van der Waals surface area contributed by atoms with Gasteiger partial charge in [-0.05, 0) is 50.5 Å². The Bertz CT molecular complexity index is 1050. The van der Waals surface area contributed by atoms with Crippen LogP contribution in [0.2, 0.25) is 0 Å². The van der Waals surface area contributed by atoms with E-state index in [1.54, 1.807) is 4.52 Å². The molecule has 1 amide bonds. The minimum absolute atomic E-state index is 0.0576. The molecule has 0 fully saturated rings. The summed E-state index contributed by atoms with van der Waals surface area (Å²) in [5, 5.41) is 16.3. The second-order valence-electron chi connectivity index (χ2n) is 6.18. The second kappa shape index (κ2) is 7.26. The van der Waals surface area contributed by atoms with E-state index in [2.05, 4.69) is 37.4 Å². The van der Waals surface area contributed by atoms with E-state index in [0.29, 0.717) is 24.1 Å². The molecule has 0 aliphatic rings. The molecule has 0 aliphatic carbocycles. The second-order valence-corrected chi connectivity index (χ2v) is 7.03. The number of fused-ring (bicyclic) bond motifs is 1. The molecule has 3 rings (SSSR count). The van der Waals surface area contributed by atoms with E-state index >= 15 is 0 Å². The van der Waals surface area contributed by atoms with Gasteiger partial charge in [-0.25, -0.2) is 9.50 Å². The first-order chi connectivity index (χ1) is 12.4. The van der Waals surface area contributed by atoms with Crippen LogP contribution < -0.4 is 5.32 Å². The highest BCUT2D eigenvalue weighted by molar-refractivity contribution is 9.10. The van der Waals surface area contributed by atoms with Crippen LogP contribution in [-0.2, 0) is 11.2 Å². The predicted octanol–water partition coefficient (Wildman–Crippen LogP) is 3.86. The van der Waals surface area contributed by atoms with Crippen molar-refractivity contribution >= 4 is 33.2 Å². The zero-order valence-electron chi connectivity index (χ0n) is 14.8. The number of hydrogen-bond acceptors (Lipinski definition) is 4. The Morgan fingerprint density at radius 2 is 2.12 bits per heavy atom. The number of carbonyl (C=O) groups excluding carboxylic acids is 1. The van der Waals surface area contributed by atoms with Crippen molar-refractivity contribution in [3.8, 4) is 6.07 Å². The topological polar surface area (TPSA) is 83.1 Å². The maximum atomic E-state index is 12.3. The van der Waals surface area contributed by atoms with Gasteiger partial charge in [0.1, 0.15) is 11.6 Å². The van der Waals surface area contributed by atoms with E-state index < -0.39 is 0 Å². The van der Waals surface area contributed by atoms with Crippen LogP contribution in [0.25, 0.3) is 5.65 Å². The van der Waals surface area contributed by atoms with E-state index in [0.717, 1.165) is 32.7 Å². The van der Waals surface area contributed by atoms with Crippen molar-refractivity contribution < 1.29 is 4.79 Å². The number of amides is 1. The van der Waals surface area contributed by atoms with Crippen LogP contribution in [0.15, 0.2) is 28.9 Å². The lowest BCUT2D eigenvalue weighted by Crippen LogP contribution is -2.14. The number of nitrogens with one attached hydrogen (secondary N) is 1. The van der Waals surface area contributed by atoms with Crippen molar-refractivity contribution in [1.29, 1.82) is 5.26 Å². The Morgan fingerprint density at radius 1 is 1.35 bits per heavy atom. The molecule has 0 radical (unpaired) electrons. The number of nitriles is 1. The largest absolute Gasteiger partial charge is 0.326 e. The van der Waals surface area contributed by atoms with Crippen molar-refractivity contribution in [2.45, 2.75) is 33.6 Å². The van der Waals surface area contributed by atoms with Crippen molar-refractivity contribution in [3.63, 3.8) is 0 Å². The van der Waals surface area contributed by atoms with Crippen LogP contribution in [0.3, 0.4) is 0 Å². The lowest BCUT2D eigenvalue weighted by Gasteiger charge is -2.11. The van der Waals surface area contributed by atoms with Gasteiger partial charge in [0.2, 0.25) is 5.91 Å². The predicted molar refractivity (Wildman–Crippen MR) is 103 cm³/mol. The summed E-state index contributed by atoms with van der Waals surface area (Å²) in [6.45, 7) is 5.82. The smallest absolute Gasteiger partial charge is 0.224 e. The first kappa shape index (κ1) is 18.1. The summed E-state index contributed by atoms with van der Waals surface area (Å²) in [7, 11) is 0. The van der Waals surface area contributed by atoms with Gasteiger partial charge in [0.25, 0.3) is 0 Å². The molecule has 1 N–H and O–H groups in total. The van der Waals surface area contributed by atoms with Crippen molar-refractivity contribution in [1.82, 2.24) is 14.6 Å². The third kappa shape index (κ3) is 3.46.